The van der Waals surface area contributed by atoms with Gasteiger partial charge in [-0.05, 0) is 38.7 Å². The Labute approximate surface area is 98.1 Å². The molecule has 3 heteroatoms. The van der Waals surface area contributed by atoms with Gasteiger partial charge in [-0.1, -0.05) is 11.6 Å². The summed E-state index contributed by atoms with van der Waals surface area (Å²) in [5.74, 6) is 0. The molecule has 1 aliphatic heterocycles. The van der Waals surface area contributed by atoms with Gasteiger partial charge in [0.2, 0.25) is 0 Å². The van der Waals surface area contributed by atoms with Gasteiger partial charge in [-0.15, -0.1) is 0 Å². The van der Waals surface area contributed by atoms with E-state index in [4.69, 9.17) is 4.74 Å². The standard InChI is InChI=1S/C13H22N2O/c1-11-5-3-6-12(9-11)14-15-8-4-7-13(15)10-16-2/h6,9,13-14H,3-5,7-8,10H2,1-2H3/t13-/m0/s1. The van der Waals surface area contributed by atoms with E-state index in [-0.39, 0.29) is 0 Å². The Balaban J connectivity index is 1.91. The maximum atomic E-state index is 5.25. The summed E-state index contributed by atoms with van der Waals surface area (Å²) in [6.45, 7) is 4.15. The predicted octanol–water partition coefficient (Wildman–Crippen LogP) is 2.23. The van der Waals surface area contributed by atoms with Gasteiger partial charge in [-0.25, -0.2) is 5.01 Å². The second-order valence-corrected chi connectivity index (χ2v) is 4.75. The Morgan fingerprint density at radius 2 is 2.44 bits per heavy atom. The highest BCUT2D eigenvalue weighted by atomic mass is 16.5. The minimum absolute atomic E-state index is 0.529. The van der Waals surface area contributed by atoms with Gasteiger partial charge < -0.3 is 10.2 Å². The molecule has 90 valence electrons. The van der Waals surface area contributed by atoms with Gasteiger partial charge in [-0.3, -0.25) is 0 Å². The first-order valence-electron chi connectivity index (χ1n) is 6.19. The van der Waals surface area contributed by atoms with Gasteiger partial charge in [0.25, 0.3) is 0 Å². The zero-order valence-corrected chi connectivity index (χ0v) is 10.3. The Hall–Kier alpha value is -0.800. The first-order valence-corrected chi connectivity index (χ1v) is 6.19. The van der Waals surface area contributed by atoms with Gasteiger partial charge in [0.1, 0.15) is 0 Å². The summed E-state index contributed by atoms with van der Waals surface area (Å²) in [6, 6.07) is 0.529. The molecule has 0 aromatic heterocycles. The number of methoxy groups -OCH3 is 1. The average Bonchev–Trinajstić information content (AvgIpc) is 2.66. The lowest BCUT2D eigenvalue weighted by atomic mass is 10.1. The molecule has 0 aromatic carbocycles. The van der Waals surface area contributed by atoms with Crippen molar-refractivity contribution in [2.45, 2.75) is 38.6 Å². The van der Waals surface area contributed by atoms with Crippen LogP contribution in [0, 0.1) is 0 Å². The fourth-order valence-electron chi connectivity index (χ4n) is 2.44. The van der Waals surface area contributed by atoms with Gasteiger partial charge >= 0.3 is 0 Å². The molecule has 0 aromatic rings. The van der Waals surface area contributed by atoms with Crippen LogP contribution in [0.15, 0.2) is 23.4 Å². The molecule has 0 radical (unpaired) electrons. The maximum Gasteiger partial charge on any atom is 0.0636 e. The van der Waals surface area contributed by atoms with E-state index in [0.29, 0.717) is 6.04 Å². The second-order valence-electron chi connectivity index (χ2n) is 4.75. The molecule has 1 saturated heterocycles. The Kier molecular flexibility index (Phi) is 4.02. The van der Waals surface area contributed by atoms with Crippen LogP contribution in [0.1, 0.15) is 32.6 Å². The minimum Gasteiger partial charge on any atom is -0.383 e. The van der Waals surface area contributed by atoms with Crippen LogP contribution in [-0.4, -0.2) is 31.3 Å². The van der Waals surface area contributed by atoms with Crippen molar-refractivity contribution in [2.24, 2.45) is 0 Å². The van der Waals surface area contributed by atoms with Crippen molar-refractivity contribution in [3.8, 4) is 0 Å². The number of rotatable bonds is 4. The van der Waals surface area contributed by atoms with E-state index in [1.807, 2.05) is 0 Å². The molecule has 2 aliphatic rings. The Bertz CT molecular complexity index is 296. The number of nitrogens with one attached hydrogen (secondary N) is 1. The molecule has 3 nitrogen and oxygen atoms in total. The predicted molar refractivity (Wildman–Crippen MR) is 65.8 cm³/mol. The monoisotopic (exact) mass is 222 g/mol. The van der Waals surface area contributed by atoms with Crippen LogP contribution < -0.4 is 5.43 Å². The smallest absolute Gasteiger partial charge is 0.0636 e. The van der Waals surface area contributed by atoms with Crippen LogP contribution in [0.3, 0.4) is 0 Å². The minimum atomic E-state index is 0.529. The fourth-order valence-corrected chi connectivity index (χ4v) is 2.44. The zero-order valence-electron chi connectivity index (χ0n) is 10.3. The van der Waals surface area contributed by atoms with Gasteiger partial charge in [0, 0.05) is 19.4 Å². The summed E-state index contributed by atoms with van der Waals surface area (Å²) >= 11 is 0. The topological polar surface area (TPSA) is 24.5 Å². The summed E-state index contributed by atoms with van der Waals surface area (Å²) in [4.78, 5) is 0. The Morgan fingerprint density at radius 3 is 3.19 bits per heavy atom. The van der Waals surface area contributed by atoms with Crippen molar-refractivity contribution in [3.05, 3.63) is 23.4 Å². The third-order valence-electron chi connectivity index (χ3n) is 3.31. The van der Waals surface area contributed by atoms with Crippen molar-refractivity contribution in [2.75, 3.05) is 20.3 Å². The summed E-state index contributed by atoms with van der Waals surface area (Å²) in [5, 5.41) is 2.32. The van der Waals surface area contributed by atoms with Gasteiger partial charge in [0.15, 0.2) is 0 Å². The molecule has 1 N–H and O–H groups in total. The molecule has 0 spiro atoms. The van der Waals surface area contributed by atoms with Crippen molar-refractivity contribution < 1.29 is 4.74 Å². The molecule has 16 heavy (non-hydrogen) atoms. The van der Waals surface area contributed by atoms with Crippen LogP contribution >= 0.6 is 0 Å². The SMILES string of the molecule is COC[C@@H]1CCCN1NC1=CCCC(C)=C1. The van der Waals surface area contributed by atoms with Crippen LogP contribution in [0.2, 0.25) is 0 Å². The molecule has 2 rings (SSSR count). The molecule has 0 unspecified atom stereocenters. The van der Waals surface area contributed by atoms with E-state index in [1.165, 1.54) is 30.5 Å². The summed E-state index contributed by atoms with van der Waals surface area (Å²) in [5.41, 5.74) is 6.24. The van der Waals surface area contributed by atoms with Crippen LogP contribution in [0.4, 0.5) is 0 Å². The van der Waals surface area contributed by atoms with Crippen molar-refractivity contribution >= 4 is 0 Å². The lowest BCUT2D eigenvalue weighted by molar-refractivity contribution is 0.0936. The van der Waals surface area contributed by atoms with Crippen LogP contribution in [0.5, 0.6) is 0 Å². The van der Waals surface area contributed by atoms with Crippen molar-refractivity contribution in [3.63, 3.8) is 0 Å². The van der Waals surface area contributed by atoms with Gasteiger partial charge in [0.05, 0.1) is 12.6 Å². The molecule has 1 fully saturated rings. The first kappa shape index (κ1) is 11.7. The lowest BCUT2D eigenvalue weighted by Crippen LogP contribution is -2.43. The quantitative estimate of drug-likeness (QED) is 0.789. The van der Waals surface area contributed by atoms with E-state index >= 15 is 0 Å². The maximum absolute atomic E-state index is 5.25. The third kappa shape index (κ3) is 2.86. The summed E-state index contributed by atoms with van der Waals surface area (Å²) in [6.07, 6.45) is 9.40. The van der Waals surface area contributed by atoms with E-state index < -0.39 is 0 Å². The van der Waals surface area contributed by atoms with E-state index in [9.17, 15) is 0 Å². The molecule has 1 aliphatic carbocycles. The van der Waals surface area contributed by atoms with Crippen LogP contribution in [0.25, 0.3) is 0 Å². The van der Waals surface area contributed by atoms with Crippen molar-refractivity contribution in [1.29, 1.82) is 0 Å². The molecule has 1 atom stereocenters. The fraction of sp³-hybridized carbons (Fsp3) is 0.692. The normalized spacial score (nSPS) is 26.5. The molecule has 0 amide bonds. The highest BCUT2D eigenvalue weighted by Gasteiger charge is 2.24. The first-order chi connectivity index (χ1) is 7.79. The number of allylic oxidation sites excluding steroid dienone is 3. The third-order valence-corrected chi connectivity index (χ3v) is 3.31. The zero-order chi connectivity index (χ0) is 11.4. The number of hydrogen-bond donors (Lipinski definition) is 1. The van der Waals surface area contributed by atoms with Crippen molar-refractivity contribution in [1.82, 2.24) is 10.4 Å². The number of hydrazine groups is 1. The van der Waals surface area contributed by atoms with E-state index in [2.05, 4.69) is 29.5 Å². The molecule has 0 saturated carbocycles. The highest BCUT2D eigenvalue weighted by molar-refractivity contribution is 5.25. The number of hydrogen-bond acceptors (Lipinski definition) is 3. The van der Waals surface area contributed by atoms with E-state index in [1.54, 1.807) is 7.11 Å². The number of ether oxygens (including phenoxy) is 1. The molecular formula is C13H22N2O. The van der Waals surface area contributed by atoms with Crippen LogP contribution in [-0.2, 0) is 4.74 Å². The highest BCUT2D eigenvalue weighted by Crippen LogP contribution is 2.19. The molecular weight excluding hydrogens is 200 g/mol. The summed E-state index contributed by atoms with van der Waals surface area (Å²) < 4.78 is 5.25. The Morgan fingerprint density at radius 1 is 1.56 bits per heavy atom. The average molecular weight is 222 g/mol. The van der Waals surface area contributed by atoms with E-state index in [0.717, 1.165) is 19.6 Å². The molecule has 1 heterocycles. The van der Waals surface area contributed by atoms with Gasteiger partial charge in [-0.2, -0.15) is 0 Å². The summed E-state index contributed by atoms with van der Waals surface area (Å²) in [7, 11) is 1.78. The lowest BCUT2D eigenvalue weighted by Gasteiger charge is -2.27. The number of nitrogens with zero attached hydrogens (tertiary/aromatic N) is 1. The largest absolute Gasteiger partial charge is 0.383 e. The molecule has 0 bridgehead atoms. The second kappa shape index (κ2) is 5.51.